The summed E-state index contributed by atoms with van der Waals surface area (Å²) in [6.07, 6.45) is 2.33. The predicted octanol–water partition coefficient (Wildman–Crippen LogP) is 3.47. The maximum atomic E-state index is 13.4. The third-order valence-electron chi connectivity index (χ3n) is 3.87. The first kappa shape index (κ1) is 15.5. The second kappa shape index (κ2) is 5.68. The molecular formula is C15H16F3N5. The Bertz CT molecular complexity index is 734. The van der Waals surface area contributed by atoms with Gasteiger partial charge in [-0.3, -0.25) is 0 Å². The van der Waals surface area contributed by atoms with Crippen molar-refractivity contribution in [3.05, 3.63) is 35.8 Å². The molecule has 122 valence electrons. The summed E-state index contributed by atoms with van der Waals surface area (Å²) in [5.74, 6) is 0.252. The van der Waals surface area contributed by atoms with Crippen LogP contribution in [0.2, 0.25) is 0 Å². The van der Waals surface area contributed by atoms with Gasteiger partial charge < -0.3 is 5.73 Å². The molecule has 23 heavy (non-hydrogen) atoms. The van der Waals surface area contributed by atoms with Crippen LogP contribution in [0.4, 0.5) is 19.0 Å². The molecule has 2 aromatic heterocycles. The van der Waals surface area contributed by atoms with Crippen LogP contribution in [0.15, 0.2) is 24.5 Å². The summed E-state index contributed by atoms with van der Waals surface area (Å²) in [6.45, 7) is 2.02. The van der Waals surface area contributed by atoms with Gasteiger partial charge in [0.2, 0.25) is 0 Å². The molecule has 1 aliphatic rings. The molecule has 0 aromatic carbocycles. The van der Waals surface area contributed by atoms with E-state index in [1.165, 1.54) is 12.4 Å². The van der Waals surface area contributed by atoms with E-state index in [2.05, 4.69) is 15.1 Å². The lowest BCUT2D eigenvalue weighted by Gasteiger charge is -2.20. The summed E-state index contributed by atoms with van der Waals surface area (Å²) in [7, 11) is 0. The molecule has 2 aromatic rings. The Morgan fingerprint density at radius 3 is 2.57 bits per heavy atom. The lowest BCUT2D eigenvalue weighted by Crippen LogP contribution is -2.11. The van der Waals surface area contributed by atoms with Crippen molar-refractivity contribution in [2.45, 2.75) is 32.4 Å². The monoisotopic (exact) mass is 323 g/mol. The van der Waals surface area contributed by atoms with Crippen molar-refractivity contribution < 1.29 is 13.2 Å². The fraction of sp³-hybridized carbons (Fsp3) is 0.400. The van der Waals surface area contributed by atoms with Crippen molar-refractivity contribution in [3.63, 3.8) is 0 Å². The zero-order chi connectivity index (χ0) is 16.6. The molecule has 2 heterocycles. The summed E-state index contributed by atoms with van der Waals surface area (Å²) >= 11 is 0. The Balaban J connectivity index is 2.18. The largest absolute Gasteiger partial charge is 0.435 e. The van der Waals surface area contributed by atoms with Crippen molar-refractivity contribution in [1.29, 1.82) is 0 Å². The van der Waals surface area contributed by atoms with Crippen LogP contribution < -0.4 is 5.73 Å². The van der Waals surface area contributed by atoms with Gasteiger partial charge in [0.1, 0.15) is 5.82 Å². The molecule has 0 fully saturated rings. The molecule has 0 amide bonds. The zero-order valence-corrected chi connectivity index (χ0v) is 12.5. The van der Waals surface area contributed by atoms with E-state index in [-0.39, 0.29) is 17.3 Å². The first-order chi connectivity index (χ1) is 10.9. The molecule has 0 unspecified atom stereocenters. The van der Waals surface area contributed by atoms with Crippen molar-refractivity contribution >= 4 is 11.4 Å². The first-order valence-electron chi connectivity index (χ1n) is 7.30. The number of allylic oxidation sites excluding steroid dienone is 2. The van der Waals surface area contributed by atoms with Crippen LogP contribution in [0.1, 0.15) is 37.4 Å². The summed E-state index contributed by atoms with van der Waals surface area (Å²) < 4.78 is 41.2. The highest BCUT2D eigenvalue weighted by atomic mass is 19.4. The molecule has 1 atom stereocenters. The minimum atomic E-state index is -4.59. The molecule has 0 radical (unpaired) electrons. The van der Waals surface area contributed by atoms with Gasteiger partial charge in [0.15, 0.2) is 5.69 Å². The molecule has 3 rings (SSSR count). The number of alkyl halides is 3. The Labute approximate surface area is 131 Å². The van der Waals surface area contributed by atoms with E-state index in [9.17, 15) is 13.2 Å². The first-order valence-corrected chi connectivity index (χ1v) is 7.30. The van der Waals surface area contributed by atoms with E-state index >= 15 is 0 Å². The molecular weight excluding hydrogens is 307 g/mol. The van der Waals surface area contributed by atoms with Gasteiger partial charge in [-0.05, 0) is 36.8 Å². The van der Waals surface area contributed by atoms with E-state index in [0.717, 1.165) is 17.5 Å². The molecule has 0 saturated heterocycles. The quantitative estimate of drug-likeness (QED) is 0.919. The van der Waals surface area contributed by atoms with Crippen LogP contribution in [-0.2, 0) is 6.18 Å². The normalized spacial score (nSPS) is 18.8. The van der Waals surface area contributed by atoms with Crippen LogP contribution >= 0.6 is 0 Å². The van der Waals surface area contributed by atoms with Crippen LogP contribution in [0.5, 0.6) is 0 Å². The highest BCUT2D eigenvalue weighted by Gasteiger charge is 2.40. The van der Waals surface area contributed by atoms with Crippen molar-refractivity contribution in [3.8, 4) is 5.95 Å². The lowest BCUT2D eigenvalue weighted by molar-refractivity contribution is -0.141. The van der Waals surface area contributed by atoms with Crippen LogP contribution in [0.3, 0.4) is 0 Å². The third kappa shape index (κ3) is 2.93. The summed E-state index contributed by atoms with van der Waals surface area (Å²) in [5, 5.41) is 3.65. The van der Waals surface area contributed by atoms with Gasteiger partial charge in [-0.1, -0.05) is 13.0 Å². The molecule has 0 saturated carbocycles. The van der Waals surface area contributed by atoms with Crippen molar-refractivity contribution in [2.24, 2.45) is 5.92 Å². The number of nitrogens with two attached hydrogens (primary N) is 1. The average molecular weight is 323 g/mol. The minimum absolute atomic E-state index is 0.0196. The smallest absolute Gasteiger partial charge is 0.383 e. The average Bonchev–Trinajstić information content (AvgIpc) is 2.86. The van der Waals surface area contributed by atoms with E-state index < -0.39 is 11.9 Å². The number of halogens is 3. The molecule has 0 spiro atoms. The number of hydrogen-bond donors (Lipinski definition) is 1. The molecule has 1 aliphatic carbocycles. The maximum Gasteiger partial charge on any atom is 0.435 e. The summed E-state index contributed by atoms with van der Waals surface area (Å²) in [5.41, 5.74) is 5.55. The van der Waals surface area contributed by atoms with E-state index in [1.54, 1.807) is 6.07 Å². The highest BCUT2D eigenvalue weighted by Crippen LogP contribution is 2.41. The Hall–Kier alpha value is -2.38. The molecule has 0 aliphatic heterocycles. The Morgan fingerprint density at radius 1 is 1.26 bits per heavy atom. The predicted molar refractivity (Wildman–Crippen MR) is 79.6 cm³/mol. The Kier molecular flexibility index (Phi) is 3.83. The van der Waals surface area contributed by atoms with Gasteiger partial charge in [0, 0.05) is 12.4 Å². The summed E-state index contributed by atoms with van der Waals surface area (Å²) in [4.78, 5) is 7.86. The van der Waals surface area contributed by atoms with Gasteiger partial charge in [-0.25, -0.2) is 9.97 Å². The van der Waals surface area contributed by atoms with Crippen LogP contribution in [0.25, 0.3) is 11.5 Å². The van der Waals surface area contributed by atoms with E-state index in [0.29, 0.717) is 17.9 Å². The topological polar surface area (TPSA) is 69.6 Å². The lowest BCUT2D eigenvalue weighted by atomic mass is 9.86. The molecule has 0 bridgehead atoms. The second-order valence-corrected chi connectivity index (χ2v) is 5.68. The number of hydrogen-bond acceptors (Lipinski definition) is 4. The van der Waals surface area contributed by atoms with Crippen molar-refractivity contribution in [1.82, 2.24) is 19.7 Å². The number of nitrogens with zero attached hydrogens (tertiary/aromatic N) is 4. The van der Waals surface area contributed by atoms with Gasteiger partial charge >= 0.3 is 6.18 Å². The second-order valence-electron chi connectivity index (χ2n) is 5.68. The number of aromatic nitrogens is 4. The molecule has 8 heteroatoms. The maximum absolute atomic E-state index is 13.4. The number of nitrogen functional groups attached to an aromatic ring is 1. The van der Waals surface area contributed by atoms with Crippen LogP contribution in [0, 0.1) is 5.92 Å². The standard InChI is InChI=1S/C15H16F3N5/c1-9-4-2-5-10(8-9)11-12(15(16,17)18)22-23(13(11)19)14-20-6-3-7-21-14/h3,5-7,9H,2,4,8,19H2,1H3/t9-/m1/s1. The summed E-state index contributed by atoms with van der Waals surface area (Å²) in [6, 6.07) is 1.57. The van der Waals surface area contributed by atoms with Gasteiger partial charge in [0.25, 0.3) is 5.95 Å². The molecule has 5 nitrogen and oxygen atoms in total. The minimum Gasteiger partial charge on any atom is -0.383 e. The third-order valence-corrected chi connectivity index (χ3v) is 3.87. The van der Waals surface area contributed by atoms with Crippen molar-refractivity contribution in [2.75, 3.05) is 5.73 Å². The van der Waals surface area contributed by atoms with Gasteiger partial charge in [-0.2, -0.15) is 23.0 Å². The zero-order valence-electron chi connectivity index (χ0n) is 12.5. The molecule has 2 N–H and O–H groups in total. The fourth-order valence-corrected chi connectivity index (χ4v) is 2.81. The van der Waals surface area contributed by atoms with Crippen LogP contribution in [-0.4, -0.2) is 19.7 Å². The van der Waals surface area contributed by atoms with E-state index in [1.807, 2.05) is 13.0 Å². The highest BCUT2D eigenvalue weighted by molar-refractivity contribution is 5.77. The Morgan fingerprint density at radius 2 is 1.96 bits per heavy atom. The number of rotatable bonds is 2. The fourth-order valence-electron chi connectivity index (χ4n) is 2.81. The van der Waals surface area contributed by atoms with Gasteiger partial charge in [0.05, 0.1) is 5.56 Å². The van der Waals surface area contributed by atoms with E-state index in [4.69, 9.17) is 5.73 Å². The van der Waals surface area contributed by atoms with Gasteiger partial charge in [-0.15, -0.1) is 0 Å². The number of anilines is 1. The SMILES string of the molecule is C[C@@H]1CCC=C(c2c(C(F)(F)F)nn(-c3ncccn3)c2N)C1.